The Morgan fingerprint density at radius 1 is 1.02 bits per heavy atom. The highest BCUT2D eigenvalue weighted by Crippen LogP contribution is 2.79. The van der Waals surface area contributed by atoms with Crippen LogP contribution in [0.1, 0.15) is 139 Å². The van der Waals surface area contributed by atoms with Crippen LogP contribution in [-0.2, 0) is 19.1 Å². The highest BCUT2D eigenvalue weighted by atomic mass is 35.5. The molecule has 10 atom stereocenters. The number of nitrogens with zero attached hydrogens (tertiary/aromatic N) is 3. The summed E-state index contributed by atoms with van der Waals surface area (Å²) in [6.45, 7) is 21.5. The van der Waals surface area contributed by atoms with E-state index in [0.29, 0.717) is 23.6 Å². The molecule has 1 aromatic carbocycles. The van der Waals surface area contributed by atoms with Crippen LogP contribution < -0.4 is 5.01 Å². The van der Waals surface area contributed by atoms with E-state index in [1.54, 1.807) is 31.0 Å². The van der Waals surface area contributed by atoms with Crippen LogP contribution in [0.25, 0.3) is 0 Å². The molecule has 10 heteroatoms. The van der Waals surface area contributed by atoms with E-state index in [1.807, 2.05) is 24.2 Å². The number of aliphatic carboxylic acids is 1. The lowest BCUT2D eigenvalue weighted by molar-refractivity contribution is -0.271. The van der Waals surface area contributed by atoms with E-state index >= 15 is 0 Å². The second kappa shape index (κ2) is 13.9. The summed E-state index contributed by atoms with van der Waals surface area (Å²) in [6.07, 6.45) is 9.05. The zero-order valence-electron chi connectivity index (χ0n) is 36.7. The number of amides is 1. The number of rotatable bonds is 7. The van der Waals surface area contributed by atoms with E-state index in [9.17, 15) is 29.9 Å². The normalized spacial score (nSPS) is 40.5. The van der Waals surface area contributed by atoms with Gasteiger partial charge in [0.05, 0.1) is 40.8 Å². The van der Waals surface area contributed by atoms with Crippen molar-refractivity contribution < 1.29 is 29.3 Å². The number of anilines is 1. The Bertz CT molecular complexity index is 2000. The monoisotopic (exact) mass is 815 g/mol. The Morgan fingerprint density at radius 2 is 1.66 bits per heavy atom. The van der Waals surface area contributed by atoms with Crippen molar-refractivity contribution in [2.45, 2.75) is 157 Å². The van der Waals surface area contributed by atoms with Crippen molar-refractivity contribution in [1.82, 2.24) is 5.01 Å². The summed E-state index contributed by atoms with van der Waals surface area (Å²) in [4.78, 5) is 39.3. The third-order valence-corrected chi connectivity index (χ3v) is 18.1. The van der Waals surface area contributed by atoms with Gasteiger partial charge in [0.15, 0.2) is 0 Å². The molecule has 2 N–H and O–H groups in total. The SMILES string of the molecule is CC=C1CC2(C3C(Cl)C(=O)N(c4ccc(C#N)cc4)N3C)CCC3(C)C(O)(CCC4C5(C)CCC(OC(=O)CC(C)(C)C(=O)O)C(C)(C)C5CCC43C)C2=C1C(C)C. The number of carboxylic acid groups (broad SMARTS) is 1. The molecule has 316 valence electrons. The Morgan fingerprint density at radius 3 is 2.24 bits per heavy atom. The third-order valence-electron chi connectivity index (χ3n) is 17.7. The summed E-state index contributed by atoms with van der Waals surface area (Å²) >= 11 is 7.38. The lowest BCUT2D eigenvalue weighted by Crippen LogP contribution is -2.72. The fourth-order valence-electron chi connectivity index (χ4n) is 14.6. The van der Waals surface area contributed by atoms with Gasteiger partial charge in [-0.05, 0) is 148 Å². The van der Waals surface area contributed by atoms with Crippen molar-refractivity contribution in [2.75, 3.05) is 12.1 Å². The first-order chi connectivity index (χ1) is 26.9. The molecule has 1 aromatic rings. The minimum atomic E-state index is -1.20. The molecule has 0 radical (unpaired) electrons. The Kier molecular flexibility index (Phi) is 10.3. The third kappa shape index (κ3) is 5.69. The van der Waals surface area contributed by atoms with Crippen LogP contribution in [0.15, 0.2) is 47.1 Å². The number of halogens is 1. The first-order valence-corrected chi connectivity index (χ1v) is 22.1. The number of carbonyl (C=O) groups excluding carboxylic acids is 2. The predicted molar refractivity (Wildman–Crippen MR) is 225 cm³/mol. The lowest BCUT2D eigenvalue weighted by Gasteiger charge is -2.74. The molecule has 1 aliphatic heterocycles. The molecule has 1 amide bonds. The largest absolute Gasteiger partial charge is 0.481 e. The molecule has 7 rings (SSSR count). The fraction of sp³-hybridized carbons (Fsp3) is 0.708. The molecule has 5 aliphatic carbocycles. The molecule has 10 unspecified atom stereocenters. The number of aliphatic hydroxyl groups is 1. The Balaban J connectivity index is 1.26. The predicted octanol–water partition coefficient (Wildman–Crippen LogP) is 9.61. The topological polar surface area (TPSA) is 131 Å². The second-order valence-corrected chi connectivity index (χ2v) is 21.8. The van der Waals surface area contributed by atoms with Crippen LogP contribution in [0.2, 0.25) is 0 Å². The van der Waals surface area contributed by atoms with Gasteiger partial charge in [-0.25, -0.2) is 10.0 Å². The molecular weight excluding hydrogens is 750 g/mol. The van der Waals surface area contributed by atoms with E-state index in [2.05, 4.69) is 67.5 Å². The van der Waals surface area contributed by atoms with E-state index in [1.165, 1.54) is 11.1 Å². The summed E-state index contributed by atoms with van der Waals surface area (Å²) in [5.41, 5.74) is 0.831. The number of ether oxygens (including phenoxy) is 1. The van der Waals surface area contributed by atoms with Crippen molar-refractivity contribution in [2.24, 2.45) is 50.2 Å². The number of esters is 1. The van der Waals surface area contributed by atoms with Gasteiger partial charge in [0, 0.05) is 23.3 Å². The van der Waals surface area contributed by atoms with Crippen LogP contribution in [-0.4, -0.2) is 63.2 Å². The van der Waals surface area contributed by atoms with Gasteiger partial charge in [-0.3, -0.25) is 14.4 Å². The van der Waals surface area contributed by atoms with Gasteiger partial charge in [-0.1, -0.05) is 54.5 Å². The van der Waals surface area contributed by atoms with Gasteiger partial charge in [-0.2, -0.15) is 5.26 Å². The molecule has 4 saturated carbocycles. The van der Waals surface area contributed by atoms with E-state index in [4.69, 9.17) is 16.3 Å². The van der Waals surface area contributed by atoms with Crippen molar-refractivity contribution in [1.29, 1.82) is 5.26 Å². The van der Waals surface area contributed by atoms with Crippen LogP contribution in [0.5, 0.6) is 0 Å². The first kappa shape index (κ1) is 42.9. The number of nitriles is 1. The number of fused-ring (bicyclic) bond motifs is 7. The van der Waals surface area contributed by atoms with Gasteiger partial charge < -0.3 is 14.9 Å². The van der Waals surface area contributed by atoms with E-state index < -0.39 is 45.2 Å². The smallest absolute Gasteiger partial charge is 0.309 e. The lowest BCUT2D eigenvalue weighted by atomic mass is 9.31. The number of hydrogen-bond acceptors (Lipinski definition) is 7. The maximum Gasteiger partial charge on any atom is 0.309 e. The standard InChI is InChI=1S/C48H66ClN3O6/c1-12-30-25-47(39-37(49)40(54)52(51(39)11)31-15-13-29(27-50)14-16-31)24-23-46(10)45(9)21-17-32-43(6,7)34(58-35(53)26-42(4,5)41(55)56)19-20-44(32,8)33(45)18-22-48(46,57)38(47)36(30)28(2)3/h12-16,28,32-34,37,39,57H,17-26H2,1-11H3,(H,55,56). The molecule has 1 saturated heterocycles. The van der Waals surface area contributed by atoms with Crippen molar-refractivity contribution in [3.05, 3.63) is 52.6 Å². The molecular formula is C48H66ClN3O6. The number of hydrazine groups is 1. The summed E-state index contributed by atoms with van der Waals surface area (Å²) in [5.74, 6) is -0.889. The number of carbonyl (C=O) groups is 3. The second-order valence-electron chi connectivity index (χ2n) is 21.3. The van der Waals surface area contributed by atoms with E-state index in [0.717, 1.165) is 56.9 Å². The number of allylic oxidation sites excluding steroid dienone is 3. The highest BCUT2D eigenvalue weighted by molar-refractivity contribution is 6.34. The van der Waals surface area contributed by atoms with Crippen LogP contribution in [0, 0.1) is 61.6 Å². The minimum Gasteiger partial charge on any atom is -0.481 e. The van der Waals surface area contributed by atoms with Crippen LogP contribution in [0.4, 0.5) is 5.69 Å². The number of carboxylic acids is 1. The van der Waals surface area contributed by atoms with E-state index in [-0.39, 0.29) is 46.5 Å². The zero-order valence-corrected chi connectivity index (χ0v) is 37.4. The summed E-state index contributed by atoms with van der Waals surface area (Å²) < 4.78 is 6.19. The molecule has 5 fully saturated rings. The highest BCUT2D eigenvalue weighted by Gasteiger charge is 2.76. The molecule has 1 heterocycles. The molecule has 0 spiro atoms. The summed E-state index contributed by atoms with van der Waals surface area (Å²) in [5, 5.41) is 36.0. The number of benzene rings is 1. The van der Waals surface area contributed by atoms with Crippen molar-refractivity contribution in [3.8, 4) is 6.07 Å². The first-order valence-electron chi connectivity index (χ1n) is 21.7. The van der Waals surface area contributed by atoms with Crippen molar-refractivity contribution in [3.63, 3.8) is 0 Å². The average molecular weight is 817 g/mol. The fourth-order valence-corrected chi connectivity index (χ4v) is 15.1. The van der Waals surface area contributed by atoms with Gasteiger partial charge in [0.1, 0.15) is 11.5 Å². The maximum absolute atomic E-state index is 14.3. The van der Waals surface area contributed by atoms with Gasteiger partial charge in [0.25, 0.3) is 5.91 Å². The molecule has 6 aliphatic rings. The zero-order chi connectivity index (χ0) is 42.8. The quantitative estimate of drug-likeness (QED) is 0.206. The Hall–Kier alpha value is -3.19. The number of hydrogen-bond donors (Lipinski definition) is 2. The number of alkyl halides is 1. The van der Waals surface area contributed by atoms with Crippen LogP contribution >= 0.6 is 11.6 Å². The molecule has 9 nitrogen and oxygen atoms in total. The van der Waals surface area contributed by atoms with Gasteiger partial charge in [0.2, 0.25) is 0 Å². The molecule has 0 aromatic heterocycles. The van der Waals surface area contributed by atoms with Gasteiger partial charge >= 0.3 is 11.9 Å². The van der Waals surface area contributed by atoms with Crippen LogP contribution in [0.3, 0.4) is 0 Å². The van der Waals surface area contributed by atoms with Crippen molar-refractivity contribution >= 4 is 35.1 Å². The average Bonchev–Trinajstić information content (AvgIpc) is 3.61. The van der Waals surface area contributed by atoms with Gasteiger partial charge in [-0.15, -0.1) is 11.6 Å². The molecule has 0 bridgehead atoms. The molecule has 58 heavy (non-hydrogen) atoms. The summed E-state index contributed by atoms with van der Waals surface area (Å²) in [6, 6.07) is 8.85. The Labute approximate surface area is 351 Å². The summed E-state index contributed by atoms with van der Waals surface area (Å²) in [7, 11) is 1.96. The maximum atomic E-state index is 14.3. The minimum absolute atomic E-state index is 0.0566.